The molecule has 2 nitrogen and oxygen atoms in total. The van der Waals surface area contributed by atoms with Crippen molar-refractivity contribution in [3.8, 4) is 0 Å². The second kappa shape index (κ2) is 3.96. The number of hydrogen-bond donors (Lipinski definition) is 0. The van der Waals surface area contributed by atoms with Crippen LogP contribution < -0.4 is 0 Å². The van der Waals surface area contributed by atoms with Crippen molar-refractivity contribution in [1.29, 1.82) is 0 Å². The summed E-state index contributed by atoms with van der Waals surface area (Å²) < 4.78 is 26.3. The molecule has 0 radical (unpaired) electrons. The van der Waals surface area contributed by atoms with Crippen LogP contribution in [0.4, 0.5) is 4.39 Å². The number of aryl methyl sites for hydroxylation is 1. The molecule has 0 unspecified atom stereocenters. The second-order valence-corrected chi connectivity index (χ2v) is 8.73. The smallest absolute Gasteiger partial charge is 0.403 e. The highest BCUT2D eigenvalue weighted by Crippen LogP contribution is 2.80. The zero-order chi connectivity index (χ0) is 16.0. The van der Waals surface area contributed by atoms with Crippen LogP contribution in [0.3, 0.4) is 0 Å². The molecular formula is C18H24BFO2. The van der Waals surface area contributed by atoms with E-state index in [1.54, 1.807) is 6.07 Å². The molecule has 1 heterocycles. The Hall–Kier alpha value is -0.865. The van der Waals surface area contributed by atoms with Gasteiger partial charge in [0, 0.05) is 5.31 Å². The monoisotopic (exact) mass is 302 g/mol. The Balaban J connectivity index is 1.51. The van der Waals surface area contributed by atoms with Crippen LogP contribution in [0.15, 0.2) is 18.2 Å². The predicted molar refractivity (Wildman–Crippen MR) is 85.4 cm³/mol. The van der Waals surface area contributed by atoms with E-state index in [2.05, 4.69) is 33.8 Å². The molecule has 0 spiro atoms. The van der Waals surface area contributed by atoms with Crippen molar-refractivity contribution in [2.24, 2.45) is 0 Å². The maximum Gasteiger partial charge on any atom is 0.464 e. The Morgan fingerprint density at radius 1 is 1.00 bits per heavy atom. The van der Waals surface area contributed by atoms with Crippen LogP contribution in [0.25, 0.3) is 0 Å². The Morgan fingerprint density at radius 2 is 1.55 bits per heavy atom. The normalized spacial score (nSPS) is 37.6. The van der Waals surface area contributed by atoms with Gasteiger partial charge in [0.15, 0.2) is 0 Å². The summed E-state index contributed by atoms with van der Waals surface area (Å²) in [6, 6.07) is 5.71. The molecule has 3 saturated carbocycles. The number of halogens is 1. The summed E-state index contributed by atoms with van der Waals surface area (Å²) >= 11 is 0. The molecule has 22 heavy (non-hydrogen) atoms. The Kier molecular flexibility index (Phi) is 2.65. The molecule has 3 aliphatic carbocycles. The minimum absolute atomic E-state index is 0.0908. The van der Waals surface area contributed by atoms with E-state index in [-0.39, 0.29) is 34.9 Å². The van der Waals surface area contributed by atoms with Crippen LogP contribution in [0, 0.1) is 12.7 Å². The van der Waals surface area contributed by atoms with Crippen LogP contribution >= 0.6 is 0 Å². The lowest BCUT2D eigenvalue weighted by Crippen LogP contribution is -2.66. The zero-order valence-corrected chi connectivity index (χ0v) is 14.1. The maximum absolute atomic E-state index is 13.8. The zero-order valence-electron chi connectivity index (χ0n) is 14.1. The Morgan fingerprint density at radius 3 is 2.05 bits per heavy atom. The van der Waals surface area contributed by atoms with Gasteiger partial charge < -0.3 is 9.31 Å². The summed E-state index contributed by atoms with van der Waals surface area (Å²) in [6.45, 7) is 10.2. The highest BCUT2D eigenvalue weighted by molar-refractivity contribution is 6.51. The van der Waals surface area contributed by atoms with Gasteiger partial charge >= 0.3 is 7.12 Å². The first-order chi connectivity index (χ1) is 10.1. The van der Waals surface area contributed by atoms with Gasteiger partial charge in [-0.1, -0.05) is 12.1 Å². The van der Waals surface area contributed by atoms with Crippen molar-refractivity contribution in [1.82, 2.24) is 0 Å². The summed E-state index contributed by atoms with van der Waals surface area (Å²) in [5.41, 5.74) is 1.50. The molecule has 1 aromatic rings. The molecule has 1 saturated heterocycles. The fourth-order valence-electron chi connectivity index (χ4n) is 4.44. The quantitative estimate of drug-likeness (QED) is 0.754. The minimum atomic E-state index is -0.268. The molecule has 1 aliphatic heterocycles. The van der Waals surface area contributed by atoms with Gasteiger partial charge in [-0.25, -0.2) is 4.39 Å². The lowest BCUT2D eigenvalue weighted by molar-refractivity contribution is -0.0385. The number of benzene rings is 1. The van der Waals surface area contributed by atoms with Crippen LogP contribution in [0.2, 0.25) is 5.31 Å². The third kappa shape index (κ3) is 1.68. The van der Waals surface area contributed by atoms with Crippen molar-refractivity contribution < 1.29 is 13.7 Å². The molecule has 0 amide bonds. The van der Waals surface area contributed by atoms with E-state index in [0.29, 0.717) is 0 Å². The Bertz CT molecular complexity index is 617. The van der Waals surface area contributed by atoms with Crippen LogP contribution in [-0.2, 0) is 14.7 Å². The molecule has 118 valence electrons. The van der Waals surface area contributed by atoms with E-state index in [1.807, 2.05) is 13.0 Å². The predicted octanol–water partition coefficient (Wildman–Crippen LogP) is 4.40. The summed E-state index contributed by atoms with van der Waals surface area (Å²) in [5, 5.41) is 0.145. The van der Waals surface area contributed by atoms with Crippen LogP contribution in [-0.4, -0.2) is 18.3 Å². The largest absolute Gasteiger partial charge is 0.464 e. The molecule has 5 rings (SSSR count). The summed E-state index contributed by atoms with van der Waals surface area (Å²) in [7, 11) is -0.116. The van der Waals surface area contributed by atoms with Gasteiger partial charge in [-0.05, 0) is 76.5 Å². The van der Waals surface area contributed by atoms with Gasteiger partial charge in [0.05, 0.1) is 11.2 Å². The van der Waals surface area contributed by atoms with Crippen molar-refractivity contribution in [2.75, 3.05) is 0 Å². The lowest BCUT2D eigenvalue weighted by Gasteiger charge is -2.71. The third-order valence-electron chi connectivity index (χ3n) is 6.61. The Labute approximate surface area is 132 Å². The van der Waals surface area contributed by atoms with E-state index >= 15 is 0 Å². The van der Waals surface area contributed by atoms with Crippen LogP contribution in [0.1, 0.15) is 58.1 Å². The fraction of sp³-hybridized carbons (Fsp3) is 0.667. The van der Waals surface area contributed by atoms with Gasteiger partial charge in [-0.15, -0.1) is 0 Å². The second-order valence-electron chi connectivity index (χ2n) is 8.73. The van der Waals surface area contributed by atoms with Gasteiger partial charge in [0.25, 0.3) is 0 Å². The van der Waals surface area contributed by atoms with E-state index in [1.165, 1.54) is 0 Å². The topological polar surface area (TPSA) is 18.5 Å². The first-order valence-electron chi connectivity index (χ1n) is 8.22. The van der Waals surface area contributed by atoms with Crippen molar-refractivity contribution in [3.63, 3.8) is 0 Å². The van der Waals surface area contributed by atoms with E-state index in [9.17, 15) is 4.39 Å². The van der Waals surface area contributed by atoms with Gasteiger partial charge in [0.1, 0.15) is 5.82 Å². The first-order valence-corrected chi connectivity index (χ1v) is 8.22. The maximum atomic E-state index is 13.8. The molecule has 0 N–H and O–H groups in total. The highest BCUT2D eigenvalue weighted by Gasteiger charge is 2.76. The van der Waals surface area contributed by atoms with E-state index in [4.69, 9.17) is 9.31 Å². The van der Waals surface area contributed by atoms with Crippen molar-refractivity contribution in [2.45, 2.75) is 75.8 Å². The minimum Gasteiger partial charge on any atom is -0.403 e. The van der Waals surface area contributed by atoms with Crippen molar-refractivity contribution in [3.05, 3.63) is 35.1 Å². The van der Waals surface area contributed by atoms with Gasteiger partial charge in [-0.3, -0.25) is 0 Å². The van der Waals surface area contributed by atoms with Crippen molar-refractivity contribution >= 4 is 7.12 Å². The number of hydrogen-bond acceptors (Lipinski definition) is 2. The van der Waals surface area contributed by atoms with Gasteiger partial charge in [0.2, 0.25) is 0 Å². The van der Waals surface area contributed by atoms with Gasteiger partial charge in [-0.2, -0.15) is 0 Å². The average molecular weight is 302 g/mol. The molecule has 0 atom stereocenters. The fourth-order valence-corrected chi connectivity index (χ4v) is 4.44. The molecule has 4 aliphatic rings. The molecule has 4 fully saturated rings. The van der Waals surface area contributed by atoms with Crippen LogP contribution in [0.5, 0.6) is 0 Å². The third-order valence-corrected chi connectivity index (χ3v) is 6.61. The standard InChI is InChI=1S/C18H24BFO2/c1-12-6-7-13(8-14(12)20)17-9-18(10-17,11-17)19-21-15(2,3)16(4,5)22-19/h6-8H,9-11H2,1-5H3. The molecular weight excluding hydrogens is 278 g/mol. The summed E-state index contributed by atoms with van der Waals surface area (Å²) in [5.74, 6) is -0.0908. The summed E-state index contributed by atoms with van der Waals surface area (Å²) in [6.07, 6.45) is 3.16. The number of rotatable bonds is 2. The molecule has 1 aromatic carbocycles. The lowest BCUT2D eigenvalue weighted by atomic mass is 9.23. The molecule has 4 heteroatoms. The SMILES string of the molecule is Cc1ccc(C23CC(B4OC(C)(C)C(C)(C)O4)(C2)C3)cc1F. The average Bonchev–Trinajstić information content (AvgIpc) is 2.49. The van der Waals surface area contributed by atoms with E-state index < -0.39 is 0 Å². The molecule has 2 bridgehead atoms. The first kappa shape index (κ1) is 14.7. The molecule has 0 aromatic heterocycles. The summed E-state index contributed by atoms with van der Waals surface area (Å²) in [4.78, 5) is 0. The highest BCUT2D eigenvalue weighted by atomic mass is 19.1. The van der Waals surface area contributed by atoms with E-state index in [0.717, 1.165) is 30.4 Å².